The minimum absolute atomic E-state index is 0.134. The van der Waals surface area contributed by atoms with Gasteiger partial charge in [0.15, 0.2) is 12.0 Å². The van der Waals surface area contributed by atoms with E-state index in [0.29, 0.717) is 22.8 Å². The second-order valence-electron chi connectivity index (χ2n) is 4.93. The summed E-state index contributed by atoms with van der Waals surface area (Å²) in [5.41, 5.74) is 1.75. The number of nitrogens with zero attached hydrogens (tertiary/aromatic N) is 7. The first-order valence-electron chi connectivity index (χ1n) is 6.96. The molecule has 0 bridgehead atoms. The first-order valence-corrected chi connectivity index (χ1v) is 6.96. The molecule has 0 fully saturated rings. The van der Waals surface area contributed by atoms with Gasteiger partial charge in [0.2, 0.25) is 5.95 Å². The normalized spacial score (nSPS) is 16.1. The van der Waals surface area contributed by atoms with Gasteiger partial charge in [-0.05, 0) is 18.2 Å². The lowest BCUT2D eigenvalue weighted by Gasteiger charge is -2.23. The predicted octanol–water partition coefficient (Wildman–Crippen LogP) is 1.88. The van der Waals surface area contributed by atoms with Crippen LogP contribution in [0.2, 0.25) is 0 Å². The SMILES string of the molecule is FC(F)C1Nc2ccc(-c3ncncn3)cc2N1c1ncncn1. The van der Waals surface area contributed by atoms with Crippen LogP contribution in [0.5, 0.6) is 0 Å². The summed E-state index contributed by atoms with van der Waals surface area (Å²) in [6, 6.07) is 5.16. The molecule has 24 heavy (non-hydrogen) atoms. The van der Waals surface area contributed by atoms with Crippen molar-refractivity contribution < 1.29 is 8.78 Å². The van der Waals surface area contributed by atoms with Crippen molar-refractivity contribution in [1.29, 1.82) is 0 Å². The number of hydrogen-bond donors (Lipinski definition) is 1. The monoisotopic (exact) mass is 328 g/mol. The molecule has 10 heteroatoms. The summed E-state index contributed by atoms with van der Waals surface area (Å²) in [4.78, 5) is 25.0. The molecule has 1 aromatic carbocycles. The zero-order valence-corrected chi connectivity index (χ0v) is 12.1. The van der Waals surface area contributed by atoms with Crippen molar-refractivity contribution in [3.8, 4) is 11.4 Å². The first-order chi connectivity index (χ1) is 11.7. The molecule has 4 rings (SSSR count). The zero-order chi connectivity index (χ0) is 16.5. The predicted molar refractivity (Wildman–Crippen MR) is 80.6 cm³/mol. The molecule has 1 atom stereocenters. The Hall–Kier alpha value is -3.30. The molecule has 8 nitrogen and oxygen atoms in total. The maximum absolute atomic E-state index is 13.5. The number of fused-ring (bicyclic) bond motifs is 1. The molecule has 3 aromatic rings. The van der Waals surface area contributed by atoms with E-state index in [1.54, 1.807) is 18.2 Å². The Morgan fingerprint density at radius 3 is 2.29 bits per heavy atom. The van der Waals surface area contributed by atoms with Gasteiger partial charge in [0.1, 0.15) is 25.3 Å². The molecule has 120 valence electrons. The number of alkyl halides is 2. The number of hydrogen-bond acceptors (Lipinski definition) is 8. The molecule has 1 aliphatic rings. The van der Waals surface area contributed by atoms with E-state index in [1.165, 1.54) is 30.2 Å². The minimum atomic E-state index is -2.64. The van der Waals surface area contributed by atoms with Crippen LogP contribution in [-0.4, -0.2) is 42.5 Å². The zero-order valence-electron chi connectivity index (χ0n) is 12.1. The number of anilines is 3. The van der Waals surface area contributed by atoms with E-state index < -0.39 is 12.6 Å². The summed E-state index contributed by atoms with van der Waals surface area (Å²) in [5.74, 6) is 0.582. The van der Waals surface area contributed by atoms with Gasteiger partial charge in [-0.25, -0.2) is 38.7 Å². The van der Waals surface area contributed by atoms with E-state index in [-0.39, 0.29) is 5.95 Å². The van der Waals surface area contributed by atoms with Crippen LogP contribution < -0.4 is 10.2 Å². The van der Waals surface area contributed by atoms with E-state index >= 15 is 0 Å². The second-order valence-corrected chi connectivity index (χ2v) is 4.93. The first kappa shape index (κ1) is 14.3. The van der Waals surface area contributed by atoms with Gasteiger partial charge in [-0.3, -0.25) is 4.90 Å². The Morgan fingerprint density at radius 2 is 1.62 bits per heavy atom. The number of benzene rings is 1. The van der Waals surface area contributed by atoms with Crippen LogP contribution in [0.15, 0.2) is 43.5 Å². The third kappa shape index (κ3) is 2.37. The maximum atomic E-state index is 13.5. The van der Waals surface area contributed by atoms with Crippen LogP contribution in [0, 0.1) is 0 Å². The van der Waals surface area contributed by atoms with Crippen molar-refractivity contribution >= 4 is 17.3 Å². The third-order valence-electron chi connectivity index (χ3n) is 3.52. The van der Waals surface area contributed by atoms with Crippen molar-refractivity contribution in [2.45, 2.75) is 12.6 Å². The van der Waals surface area contributed by atoms with Crippen LogP contribution in [0.4, 0.5) is 26.1 Å². The standard InChI is InChI=1S/C14H10F2N8/c15-11(16)13-23-9-2-1-8(12-19-4-17-5-20-12)3-10(9)24(13)14-21-6-18-7-22-14/h1-7,11,13,23H. The fourth-order valence-electron chi connectivity index (χ4n) is 2.52. The quantitative estimate of drug-likeness (QED) is 0.779. The summed E-state index contributed by atoms with van der Waals surface area (Å²) in [5, 5.41) is 2.78. The Bertz CT molecular complexity index is 846. The highest BCUT2D eigenvalue weighted by atomic mass is 19.3. The van der Waals surface area contributed by atoms with E-state index in [2.05, 4.69) is 35.2 Å². The molecule has 0 saturated carbocycles. The summed E-state index contributed by atoms with van der Waals surface area (Å²) in [6.45, 7) is 0. The lowest BCUT2D eigenvalue weighted by atomic mass is 10.1. The molecule has 0 radical (unpaired) electrons. The van der Waals surface area contributed by atoms with Crippen LogP contribution >= 0.6 is 0 Å². The molecule has 1 unspecified atom stereocenters. The van der Waals surface area contributed by atoms with E-state index in [4.69, 9.17) is 0 Å². The topological polar surface area (TPSA) is 92.6 Å². The van der Waals surface area contributed by atoms with E-state index in [1.807, 2.05) is 0 Å². The lowest BCUT2D eigenvalue weighted by Crippen LogP contribution is -2.39. The minimum Gasteiger partial charge on any atom is -0.358 e. The van der Waals surface area contributed by atoms with E-state index in [0.717, 1.165) is 0 Å². The molecule has 2 aromatic heterocycles. The van der Waals surface area contributed by atoms with Gasteiger partial charge in [-0.15, -0.1) is 0 Å². The number of nitrogens with one attached hydrogen (secondary N) is 1. The van der Waals surface area contributed by atoms with Crippen molar-refractivity contribution in [1.82, 2.24) is 29.9 Å². The molecule has 1 aliphatic heterocycles. The molecule has 1 N–H and O–H groups in total. The average molecular weight is 328 g/mol. The Kier molecular flexibility index (Phi) is 3.41. The third-order valence-corrected chi connectivity index (χ3v) is 3.52. The fraction of sp³-hybridized carbons (Fsp3) is 0.143. The van der Waals surface area contributed by atoms with Gasteiger partial charge in [-0.1, -0.05) is 0 Å². The number of halogens is 2. The van der Waals surface area contributed by atoms with Gasteiger partial charge >= 0.3 is 0 Å². The van der Waals surface area contributed by atoms with E-state index in [9.17, 15) is 8.78 Å². The van der Waals surface area contributed by atoms with Gasteiger partial charge < -0.3 is 5.32 Å². The Balaban J connectivity index is 1.82. The van der Waals surface area contributed by atoms with Crippen LogP contribution in [0.1, 0.15) is 0 Å². The summed E-state index contributed by atoms with van der Waals surface area (Å²) < 4.78 is 26.9. The summed E-state index contributed by atoms with van der Waals surface area (Å²) in [7, 11) is 0. The van der Waals surface area contributed by atoms with Crippen LogP contribution in [0.3, 0.4) is 0 Å². The second kappa shape index (κ2) is 5.72. The molecule has 0 spiro atoms. The van der Waals surface area contributed by atoms with Gasteiger partial charge in [-0.2, -0.15) is 0 Å². The van der Waals surface area contributed by atoms with Crippen LogP contribution in [0.25, 0.3) is 11.4 Å². The highest BCUT2D eigenvalue weighted by molar-refractivity contribution is 5.84. The molecule has 0 saturated heterocycles. The van der Waals surface area contributed by atoms with Gasteiger partial charge in [0, 0.05) is 5.56 Å². The number of rotatable bonds is 3. The Morgan fingerprint density at radius 1 is 0.958 bits per heavy atom. The summed E-state index contributed by atoms with van der Waals surface area (Å²) >= 11 is 0. The smallest absolute Gasteiger partial charge is 0.277 e. The van der Waals surface area contributed by atoms with Gasteiger partial charge in [0.05, 0.1) is 11.4 Å². The molecular weight excluding hydrogens is 318 g/mol. The van der Waals surface area contributed by atoms with Crippen molar-refractivity contribution in [3.05, 3.63) is 43.5 Å². The van der Waals surface area contributed by atoms with Crippen LogP contribution in [-0.2, 0) is 0 Å². The molecular formula is C14H10F2N8. The highest BCUT2D eigenvalue weighted by Gasteiger charge is 2.38. The molecule has 3 heterocycles. The van der Waals surface area contributed by atoms with Crippen molar-refractivity contribution in [3.63, 3.8) is 0 Å². The van der Waals surface area contributed by atoms with Crippen molar-refractivity contribution in [2.75, 3.05) is 10.2 Å². The Labute approximate surface area is 134 Å². The lowest BCUT2D eigenvalue weighted by molar-refractivity contribution is 0.128. The molecule has 0 aliphatic carbocycles. The largest absolute Gasteiger partial charge is 0.358 e. The van der Waals surface area contributed by atoms with Crippen molar-refractivity contribution in [2.24, 2.45) is 0 Å². The number of aromatic nitrogens is 6. The molecule has 0 amide bonds. The maximum Gasteiger partial charge on any atom is 0.277 e. The average Bonchev–Trinajstić information content (AvgIpc) is 3.02. The fourth-order valence-corrected chi connectivity index (χ4v) is 2.52. The summed E-state index contributed by atoms with van der Waals surface area (Å²) in [6.07, 6.45) is 1.36. The van der Waals surface area contributed by atoms with Gasteiger partial charge in [0.25, 0.3) is 6.43 Å². The highest BCUT2D eigenvalue weighted by Crippen LogP contribution is 2.41.